The number of para-hydroxylation sites is 4. The van der Waals surface area contributed by atoms with E-state index in [1.54, 1.807) is 0 Å². The molecule has 0 spiro atoms. The Hall–Kier alpha value is -4.28. The van der Waals surface area contributed by atoms with Crippen LogP contribution < -0.4 is 5.19 Å². The van der Waals surface area contributed by atoms with Crippen molar-refractivity contribution < 1.29 is 8.83 Å². The third kappa shape index (κ3) is 2.82. The van der Waals surface area contributed by atoms with E-state index in [1.165, 1.54) is 21.3 Å². The molecule has 5 aromatic carbocycles. The molecule has 3 heterocycles. The highest BCUT2D eigenvalue weighted by atomic mass is 28.3. The predicted octanol–water partition coefficient (Wildman–Crippen LogP) is 9.13. The lowest BCUT2D eigenvalue weighted by molar-refractivity contribution is 0.667. The standard InChI is InChI=1S/C33H25NO2Si/c1-37(2,3)31-17-9-13-23-22-12-8-15-27(32(22)36-33(23)31)34-26-14-6-4-10-20(26)24-18-25-21-11-5-7-16-29(21)35-30(25)19-28(24)34/h4-19H,1-3H3. The monoisotopic (exact) mass is 495 g/mol. The number of benzene rings is 5. The van der Waals surface area contributed by atoms with Crippen LogP contribution in [-0.2, 0) is 0 Å². The van der Waals surface area contributed by atoms with Gasteiger partial charge in [-0.1, -0.05) is 86.4 Å². The maximum Gasteiger partial charge on any atom is 0.159 e. The van der Waals surface area contributed by atoms with Crippen LogP contribution in [-0.4, -0.2) is 12.6 Å². The Labute approximate surface area is 214 Å². The Kier molecular flexibility index (Phi) is 4.03. The zero-order chi connectivity index (χ0) is 24.9. The third-order valence-electron chi connectivity index (χ3n) is 7.72. The molecule has 0 unspecified atom stereocenters. The van der Waals surface area contributed by atoms with Crippen molar-refractivity contribution in [1.82, 2.24) is 4.57 Å². The zero-order valence-corrected chi connectivity index (χ0v) is 22.0. The number of rotatable bonds is 2. The molecule has 4 heteroatoms. The highest BCUT2D eigenvalue weighted by Gasteiger charge is 2.24. The highest BCUT2D eigenvalue weighted by Crippen LogP contribution is 2.40. The zero-order valence-electron chi connectivity index (χ0n) is 21.0. The first-order valence-corrected chi connectivity index (χ1v) is 16.3. The molecule has 8 rings (SSSR count). The first-order valence-electron chi connectivity index (χ1n) is 12.8. The molecule has 0 radical (unpaired) electrons. The molecule has 0 aliphatic heterocycles. The van der Waals surface area contributed by atoms with Gasteiger partial charge in [-0.3, -0.25) is 0 Å². The van der Waals surface area contributed by atoms with Crippen LogP contribution in [0.25, 0.3) is 71.4 Å². The van der Waals surface area contributed by atoms with Crippen molar-refractivity contribution in [2.24, 2.45) is 0 Å². The number of fused-ring (bicyclic) bond motifs is 9. The highest BCUT2D eigenvalue weighted by molar-refractivity contribution is 6.90. The average molecular weight is 496 g/mol. The Balaban J connectivity index is 1.53. The summed E-state index contributed by atoms with van der Waals surface area (Å²) < 4.78 is 15.4. The van der Waals surface area contributed by atoms with Crippen LogP contribution in [0.4, 0.5) is 0 Å². The van der Waals surface area contributed by atoms with Gasteiger partial charge in [-0.15, -0.1) is 0 Å². The van der Waals surface area contributed by atoms with Gasteiger partial charge in [0.1, 0.15) is 16.7 Å². The first-order chi connectivity index (χ1) is 18.0. The summed E-state index contributed by atoms with van der Waals surface area (Å²) in [6.07, 6.45) is 0. The Morgan fingerprint density at radius 1 is 0.514 bits per heavy atom. The molecule has 37 heavy (non-hydrogen) atoms. The second-order valence-electron chi connectivity index (χ2n) is 11.0. The quantitative estimate of drug-likeness (QED) is 0.224. The van der Waals surface area contributed by atoms with E-state index in [1.807, 2.05) is 12.1 Å². The largest absolute Gasteiger partial charge is 0.456 e. The van der Waals surface area contributed by atoms with Crippen LogP contribution in [0.15, 0.2) is 106 Å². The van der Waals surface area contributed by atoms with Gasteiger partial charge in [0.25, 0.3) is 0 Å². The fraction of sp³-hybridized carbons (Fsp3) is 0.0909. The summed E-state index contributed by atoms with van der Waals surface area (Å²) in [7, 11) is -1.59. The molecule has 0 atom stereocenters. The van der Waals surface area contributed by atoms with Crippen molar-refractivity contribution in [2.45, 2.75) is 19.6 Å². The van der Waals surface area contributed by atoms with E-state index in [-0.39, 0.29) is 0 Å². The molecule has 0 saturated carbocycles. The van der Waals surface area contributed by atoms with Crippen molar-refractivity contribution in [3.05, 3.63) is 97.1 Å². The van der Waals surface area contributed by atoms with Crippen molar-refractivity contribution in [2.75, 3.05) is 0 Å². The van der Waals surface area contributed by atoms with Gasteiger partial charge in [0.05, 0.1) is 24.8 Å². The molecule has 0 saturated heterocycles. The molecule has 3 nitrogen and oxygen atoms in total. The Bertz CT molecular complexity index is 2190. The van der Waals surface area contributed by atoms with Crippen LogP contribution >= 0.6 is 0 Å². The summed E-state index contributed by atoms with van der Waals surface area (Å²) in [6, 6.07) is 34.5. The fourth-order valence-corrected chi connectivity index (χ4v) is 7.48. The minimum Gasteiger partial charge on any atom is -0.456 e. The SMILES string of the molecule is C[Si](C)(C)c1cccc2c1oc1c(-n3c4ccccc4c4cc5c(cc43)oc3ccccc35)cccc12. The summed E-state index contributed by atoms with van der Waals surface area (Å²) in [5.41, 5.74) is 7.10. The molecule has 0 fully saturated rings. The number of hydrogen-bond acceptors (Lipinski definition) is 2. The fourth-order valence-electron chi connectivity index (χ4n) is 6.02. The summed E-state index contributed by atoms with van der Waals surface area (Å²) >= 11 is 0. The number of aromatic nitrogens is 1. The summed E-state index contributed by atoms with van der Waals surface area (Å²) in [5, 5.41) is 8.44. The number of hydrogen-bond donors (Lipinski definition) is 0. The van der Waals surface area contributed by atoms with Gasteiger partial charge in [-0.05, 0) is 29.5 Å². The smallest absolute Gasteiger partial charge is 0.159 e. The molecule has 0 amide bonds. The maximum atomic E-state index is 6.79. The maximum absolute atomic E-state index is 6.79. The normalized spacial score (nSPS) is 12.7. The van der Waals surface area contributed by atoms with Crippen LogP contribution in [0.5, 0.6) is 0 Å². The van der Waals surface area contributed by atoms with Gasteiger partial charge in [-0.2, -0.15) is 0 Å². The lowest BCUT2D eigenvalue weighted by Crippen LogP contribution is -2.37. The van der Waals surface area contributed by atoms with Crippen LogP contribution in [0.1, 0.15) is 0 Å². The predicted molar refractivity (Wildman–Crippen MR) is 158 cm³/mol. The average Bonchev–Trinajstić information content (AvgIpc) is 3.56. The molecular formula is C33H25NO2Si. The lowest BCUT2D eigenvalue weighted by Gasteiger charge is -2.16. The van der Waals surface area contributed by atoms with Crippen LogP contribution in [0.2, 0.25) is 19.6 Å². The molecule has 0 bridgehead atoms. The molecular weight excluding hydrogens is 470 g/mol. The molecule has 0 aliphatic carbocycles. The summed E-state index contributed by atoms with van der Waals surface area (Å²) in [5.74, 6) is 0. The minimum absolute atomic E-state index is 0.899. The van der Waals surface area contributed by atoms with Gasteiger partial charge < -0.3 is 13.4 Å². The van der Waals surface area contributed by atoms with Crippen LogP contribution in [0.3, 0.4) is 0 Å². The van der Waals surface area contributed by atoms with E-state index in [0.717, 1.165) is 55.2 Å². The number of furan rings is 2. The number of nitrogens with zero attached hydrogens (tertiary/aromatic N) is 1. The van der Waals surface area contributed by atoms with Crippen molar-refractivity contribution in [1.29, 1.82) is 0 Å². The van der Waals surface area contributed by atoms with Gasteiger partial charge in [0, 0.05) is 38.4 Å². The molecule has 8 aromatic rings. The third-order valence-corrected chi connectivity index (χ3v) is 9.73. The van der Waals surface area contributed by atoms with E-state index in [9.17, 15) is 0 Å². The molecule has 178 valence electrons. The second kappa shape index (κ2) is 7.15. The van der Waals surface area contributed by atoms with Gasteiger partial charge in [0.2, 0.25) is 0 Å². The van der Waals surface area contributed by atoms with E-state index >= 15 is 0 Å². The van der Waals surface area contributed by atoms with Crippen LogP contribution in [0, 0.1) is 0 Å². The lowest BCUT2D eigenvalue weighted by atomic mass is 10.1. The Morgan fingerprint density at radius 2 is 1.22 bits per heavy atom. The molecule has 0 N–H and O–H groups in total. The van der Waals surface area contributed by atoms with Gasteiger partial charge in [0.15, 0.2) is 5.58 Å². The Morgan fingerprint density at radius 3 is 2.05 bits per heavy atom. The van der Waals surface area contributed by atoms with Crippen molar-refractivity contribution >= 4 is 78.9 Å². The molecule has 3 aromatic heterocycles. The second-order valence-corrected chi connectivity index (χ2v) is 16.0. The van der Waals surface area contributed by atoms with E-state index in [0.29, 0.717) is 0 Å². The van der Waals surface area contributed by atoms with E-state index in [4.69, 9.17) is 8.83 Å². The van der Waals surface area contributed by atoms with E-state index < -0.39 is 8.07 Å². The van der Waals surface area contributed by atoms with Gasteiger partial charge in [-0.25, -0.2) is 0 Å². The van der Waals surface area contributed by atoms with Gasteiger partial charge >= 0.3 is 0 Å². The van der Waals surface area contributed by atoms with Crippen molar-refractivity contribution in [3.63, 3.8) is 0 Å². The first kappa shape index (κ1) is 20.9. The topological polar surface area (TPSA) is 31.2 Å². The van der Waals surface area contributed by atoms with Crippen molar-refractivity contribution in [3.8, 4) is 5.69 Å². The van der Waals surface area contributed by atoms with E-state index in [2.05, 4.69) is 109 Å². The molecule has 0 aliphatic rings. The summed E-state index contributed by atoms with van der Waals surface area (Å²) in [4.78, 5) is 0. The minimum atomic E-state index is -1.59. The summed E-state index contributed by atoms with van der Waals surface area (Å²) in [6.45, 7) is 7.13.